The van der Waals surface area contributed by atoms with Crippen LogP contribution >= 0.6 is 0 Å². The first-order valence-corrected chi connectivity index (χ1v) is 4.78. The summed E-state index contributed by atoms with van der Waals surface area (Å²) in [4.78, 5) is 15.7. The summed E-state index contributed by atoms with van der Waals surface area (Å²) in [6, 6.07) is 7.04. The van der Waals surface area contributed by atoms with Crippen molar-refractivity contribution in [2.24, 2.45) is 0 Å². The van der Waals surface area contributed by atoms with Crippen LogP contribution < -0.4 is 4.74 Å². The quantitative estimate of drug-likeness (QED) is 0.722. The van der Waals surface area contributed by atoms with E-state index in [0.717, 1.165) is 5.39 Å². The van der Waals surface area contributed by atoms with Crippen LogP contribution in [0.1, 0.15) is 10.4 Å². The Morgan fingerprint density at radius 1 is 1.25 bits per heavy atom. The number of hydrogen-bond acceptors (Lipinski definition) is 4. The van der Waals surface area contributed by atoms with Crippen LogP contribution in [0.15, 0.2) is 30.5 Å². The summed E-state index contributed by atoms with van der Waals surface area (Å²) >= 11 is 0. The zero-order chi connectivity index (χ0) is 11.5. The molecule has 0 saturated heterocycles. The Morgan fingerprint density at radius 3 is 2.75 bits per heavy atom. The highest BCUT2D eigenvalue weighted by atomic mass is 16.5. The van der Waals surface area contributed by atoms with E-state index in [-0.39, 0.29) is 0 Å². The SMILES string of the molecule is COC(=O)c1ccc(OC)c2cccnc12. The van der Waals surface area contributed by atoms with Gasteiger partial charge in [-0.1, -0.05) is 0 Å². The van der Waals surface area contributed by atoms with E-state index in [1.54, 1.807) is 31.5 Å². The summed E-state index contributed by atoms with van der Waals surface area (Å²) in [6.07, 6.45) is 1.63. The topological polar surface area (TPSA) is 48.4 Å². The van der Waals surface area contributed by atoms with Gasteiger partial charge in [0, 0.05) is 11.6 Å². The minimum absolute atomic E-state index is 0.397. The average Bonchev–Trinajstić information content (AvgIpc) is 2.36. The van der Waals surface area contributed by atoms with Crippen molar-refractivity contribution in [2.75, 3.05) is 14.2 Å². The van der Waals surface area contributed by atoms with Crippen LogP contribution in [0.2, 0.25) is 0 Å². The number of ether oxygens (including phenoxy) is 2. The summed E-state index contributed by atoms with van der Waals surface area (Å²) in [6.45, 7) is 0. The second kappa shape index (κ2) is 4.18. The van der Waals surface area contributed by atoms with Gasteiger partial charge in [-0.25, -0.2) is 4.79 Å². The first kappa shape index (κ1) is 10.4. The summed E-state index contributed by atoms with van der Waals surface area (Å²) in [5.74, 6) is 0.294. The van der Waals surface area contributed by atoms with Gasteiger partial charge in [-0.15, -0.1) is 0 Å². The molecule has 0 aliphatic carbocycles. The summed E-state index contributed by atoms with van der Waals surface area (Å²) in [5, 5.41) is 0.799. The molecule has 0 aliphatic rings. The van der Waals surface area contributed by atoms with Crippen molar-refractivity contribution >= 4 is 16.9 Å². The summed E-state index contributed by atoms with van der Waals surface area (Å²) in [5.41, 5.74) is 1.03. The molecule has 0 fully saturated rings. The lowest BCUT2D eigenvalue weighted by Crippen LogP contribution is -2.03. The van der Waals surface area contributed by atoms with Crippen molar-refractivity contribution in [1.29, 1.82) is 0 Å². The standard InChI is InChI=1S/C12H11NO3/c1-15-10-6-5-9(12(14)16-2)11-8(10)4-3-7-13-11/h3-7H,1-2H3. The highest BCUT2D eigenvalue weighted by Gasteiger charge is 2.13. The molecule has 16 heavy (non-hydrogen) atoms. The number of aromatic nitrogens is 1. The van der Waals surface area contributed by atoms with Gasteiger partial charge >= 0.3 is 5.97 Å². The van der Waals surface area contributed by atoms with E-state index in [9.17, 15) is 4.79 Å². The lowest BCUT2D eigenvalue weighted by atomic mass is 10.1. The molecule has 0 spiro atoms. The monoisotopic (exact) mass is 217 g/mol. The van der Waals surface area contributed by atoms with Crippen molar-refractivity contribution in [1.82, 2.24) is 4.98 Å². The number of benzene rings is 1. The van der Waals surface area contributed by atoms with E-state index in [1.165, 1.54) is 7.11 Å². The van der Waals surface area contributed by atoms with E-state index < -0.39 is 5.97 Å². The number of rotatable bonds is 2. The number of carbonyl (C=O) groups is 1. The van der Waals surface area contributed by atoms with Crippen LogP contribution in [-0.4, -0.2) is 25.2 Å². The van der Waals surface area contributed by atoms with Gasteiger partial charge in [0.2, 0.25) is 0 Å². The molecule has 1 heterocycles. The van der Waals surface area contributed by atoms with Crippen molar-refractivity contribution < 1.29 is 14.3 Å². The van der Waals surface area contributed by atoms with Gasteiger partial charge < -0.3 is 9.47 Å². The predicted molar refractivity (Wildman–Crippen MR) is 59.6 cm³/mol. The molecule has 0 atom stereocenters. The Kier molecular flexibility index (Phi) is 2.72. The first-order valence-electron chi connectivity index (χ1n) is 4.78. The Morgan fingerprint density at radius 2 is 2.06 bits per heavy atom. The Balaban J connectivity index is 2.74. The van der Waals surface area contributed by atoms with Crippen molar-refractivity contribution in [3.05, 3.63) is 36.0 Å². The van der Waals surface area contributed by atoms with Crippen LogP contribution in [0, 0.1) is 0 Å². The van der Waals surface area contributed by atoms with Crippen molar-refractivity contribution in [2.45, 2.75) is 0 Å². The second-order valence-electron chi connectivity index (χ2n) is 3.21. The normalized spacial score (nSPS) is 10.1. The van der Waals surface area contributed by atoms with Crippen molar-refractivity contribution in [3.63, 3.8) is 0 Å². The summed E-state index contributed by atoms with van der Waals surface area (Å²) in [7, 11) is 2.93. The Hall–Kier alpha value is -2.10. The molecule has 0 N–H and O–H groups in total. The zero-order valence-electron chi connectivity index (χ0n) is 9.06. The lowest BCUT2D eigenvalue weighted by molar-refractivity contribution is 0.0603. The Labute approximate surface area is 92.8 Å². The number of nitrogens with zero attached hydrogens (tertiary/aromatic N) is 1. The van der Waals surface area contributed by atoms with E-state index >= 15 is 0 Å². The Bertz CT molecular complexity index is 537. The molecule has 0 saturated carbocycles. The highest BCUT2D eigenvalue weighted by molar-refractivity contribution is 6.04. The third-order valence-electron chi connectivity index (χ3n) is 2.35. The molecular weight excluding hydrogens is 206 g/mol. The molecule has 0 aliphatic heterocycles. The van der Waals surface area contributed by atoms with Crippen LogP contribution in [0.25, 0.3) is 10.9 Å². The van der Waals surface area contributed by atoms with Gasteiger partial charge in [0.25, 0.3) is 0 Å². The largest absolute Gasteiger partial charge is 0.496 e. The van der Waals surface area contributed by atoms with E-state index in [4.69, 9.17) is 9.47 Å². The van der Waals surface area contributed by atoms with Crippen LogP contribution in [0.4, 0.5) is 0 Å². The van der Waals surface area contributed by atoms with E-state index in [1.807, 2.05) is 6.07 Å². The smallest absolute Gasteiger partial charge is 0.340 e. The fraction of sp³-hybridized carbons (Fsp3) is 0.167. The van der Waals surface area contributed by atoms with E-state index in [0.29, 0.717) is 16.8 Å². The second-order valence-corrected chi connectivity index (χ2v) is 3.21. The molecule has 2 aromatic rings. The maximum absolute atomic E-state index is 11.5. The summed E-state index contributed by atoms with van der Waals surface area (Å²) < 4.78 is 9.90. The number of pyridine rings is 1. The molecule has 1 aromatic carbocycles. The molecule has 1 aromatic heterocycles. The zero-order valence-corrected chi connectivity index (χ0v) is 9.06. The average molecular weight is 217 g/mol. The van der Waals surface area contributed by atoms with Gasteiger partial charge in [0.15, 0.2) is 0 Å². The molecule has 82 valence electrons. The van der Waals surface area contributed by atoms with Crippen molar-refractivity contribution in [3.8, 4) is 5.75 Å². The predicted octanol–water partition coefficient (Wildman–Crippen LogP) is 2.03. The number of esters is 1. The fourth-order valence-corrected chi connectivity index (χ4v) is 1.60. The van der Waals surface area contributed by atoms with Crippen LogP contribution in [0.3, 0.4) is 0 Å². The first-order chi connectivity index (χ1) is 7.77. The molecule has 0 radical (unpaired) electrons. The van der Waals surface area contributed by atoms with Crippen LogP contribution in [0.5, 0.6) is 5.75 Å². The highest BCUT2D eigenvalue weighted by Crippen LogP contribution is 2.26. The molecule has 0 unspecified atom stereocenters. The number of fused-ring (bicyclic) bond motifs is 1. The maximum Gasteiger partial charge on any atom is 0.340 e. The van der Waals surface area contributed by atoms with Gasteiger partial charge in [-0.05, 0) is 24.3 Å². The number of carbonyl (C=O) groups excluding carboxylic acids is 1. The number of hydrogen-bond donors (Lipinski definition) is 0. The van der Waals surface area contributed by atoms with Gasteiger partial charge in [-0.3, -0.25) is 4.98 Å². The third-order valence-corrected chi connectivity index (χ3v) is 2.35. The third kappa shape index (κ3) is 1.58. The molecule has 4 heteroatoms. The molecular formula is C12H11NO3. The lowest BCUT2D eigenvalue weighted by Gasteiger charge is -2.07. The fourth-order valence-electron chi connectivity index (χ4n) is 1.60. The number of methoxy groups -OCH3 is 2. The molecule has 0 amide bonds. The van der Waals surface area contributed by atoms with Gasteiger partial charge in [-0.2, -0.15) is 0 Å². The minimum atomic E-state index is -0.397. The van der Waals surface area contributed by atoms with E-state index in [2.05, 4.69) is 4.98 Å². The van der Waals surface area contributed by atoms with Gasteiger partial charge in [0.05, 0.1) is 25.3 Å². The molecule has 0 bridgehead atoms. The molecule has 2 rings (SSSR count). The van der Waals surface area contributed by atoms with Gasteiger partial charge in [0.1, 0.15) is 5.75 Å². The molecule has 4 nitrogen and oxygen atoms in total. The minimum Gasteiger partial charge on any atom is -0.496 e. The maximum atomic E-state index is 11.5. The van der Waals surface area contributed by atoms with Crippen LogP contribution in [-0.2, 0) is 4.74 Å².